The molecule has 0 unspecified atom stereocenters. The molecule has 0 saturated heterocycles. The predicted octanol–water partition coefficient (Wildman–Crippen LogP) is 3.37. The molecular formula is C17H17N3O. The van der Waals surface area contributed by atoms with Crippen molar-refractivity contribution in [3.8, 4) is 0 Å². The Morgan fingerprint density at radius 3 is 2.90 bits per heavy atom. The van der Waals surface area contributed by atoms with Gasteiger partial charge in [-0.05, 0) is 36.8 Å². The van der Waals surface area contributed by atoms with Gasteiger partial charge < -0.3 is 9.88 Å². The number of aromatic nitrogens is 2. The van der Waals surface area contributed by atoms with Gasteiger partial charge in [-0.25, -0.2) is 4.98 Å². The predicted molar refractivity (Wildman–Crippen MR) is 84.2 cm³/mol. The van der Waals surface area contributed by atoms with Crippen LogP contribution in [0.1, 0.15) is 12.0 Å². The van der Waals surface area contributed by atoms with Crippen LogP contribution in [0.15, 0.2) is 54.9 Å². The lowest BCUT2D eigenvalue weighted by atomic mass is 10.2. The summed E-state index contributed by atoms with van der Waals surface area (Å²) in [6, 6.07) is 15.7. The number of hydrogen-bond acceptors (Lipinski definition) is 2. The highest BCUT2D eigenvalue weighted by Gasteiger charge is 2.05. The summed E-state index contributed by atoms with van der Waals surface area (Å²) in [5, 5.41) is 2.92. The summed E-state index contributed by atoms with van der Waals surface area (Å²) in [5.74, 6) is 0.0124. The van der Waals surface area contributed by atoms with Crippen molar-refractivity contribution in [3.63, 3.8) is 0 Å². The molecule has 21 heavy (non-hydrogen) atoms. The first-order valence-corrected chi connectivity index (χ1v) is 6.99. The number of hydrogen-bond donors (Lipinski definition) is 1. The third-order valence-corrected chi connectivity index (χ3v) is 3.41. The van der Waals surface area contributed by atoms with E-state index in [0.717, 1.165) is 22.3 Å². The Hall–Kier alpha value is -2.62. The van der Waals surface area contributed by atoms with Crippen molar-refractivity contribution < 1.29 is 4.79 Å². The van der Waals surface area contributed by atoms with Gasteiger partial charge in [0.05, 0.1) is 17.4 Å². The van der Waals surface area contributed by atoms with Gasteiger partial charge >= 0.3 is 0 Å². The van der Waals surface area contributed by atoms with E-state index < -0.39 is 0 Å². The third kappa shape index (κ3) is 3.11. The molecule has 0 aliphatic heterocycles. The number of nitrogens with one attached hydrogen (secondary N) is 1. The van der Waals surface area contributed by atoms with Crippen molar-refractivity contribution in [2.24, 2.45) is 0 Å². The molecule has 1 N–H and O–H groups in total. The van der Waals surface area contributed by atoms with Gasteiger partial charge in [0.15, 0.2) is 0 Å². The van der Waals surface area contributed by atoms with Gasteiger partial charge in [-0.3, -0.25) is 4.79 Å². The number of nitrogens with zero attached hydrogens (tertiary/aromatic N) is 2. The lowest BCUT2D eigenvalue weighted by Crippen LogP contribution is -2.14. The molecular weight excluding hydrogens is 262 g/mol. The molecule has 0 spiro atoms. The number of imidazole rings is 1. The van der Waals surface area contributed by atoms with Crippen molar-refractivity contribution >= 4 is 22.6 Å². The number of carbonyl (C=O) groups is 1. The van der Waals surface area contributed by atoms with Crippen LogP contribution in [-0.2, 0) is 11.3 Å². The fourth-order valence-corrected chi connectivity index (χ4v) is 2.36. The molecule has 0 atom stereocenters. The van der Waals surface area contributed by atoms with E-state index in [1.165, 1.54) is 0 Å². The molecule has 1 heterocycles. The quantitative estimate of drug-likeness (QED) is 0.796. The van der Waals surface area contributed by atoms with Gasteiger partial charge in [0.25, 0.3) is 0 Å². The first-order valence-electron chi connectivity index (χ1n) is 6.99. The molecule has 0 bridgehead atoms. The van der Waals surface area contributed by atoms with E-state index in [0.29, 0.717) is 13.0 Å². The SMILES string of the molecule is Cc1cccc(NC(=O)CCn2cnc3ccccc32)c1. The largest absolute Gasteiger partial charge is 0.330 e. The standard InChI is InChI=1S/C17H17N3O/c1-13-5-4-6-14(11-13)19-17(21)9-10-20-12-18-15-7-2-3-8-16(15)20/h2-8,11-12H,9-10H2,1H3,(H,19,21). The molecule has 3 aromatic rings. The number of fused-ring (bicyclic) bond motifs is 1. The zero-order chi connectivity index (χ0) is 14.7. The normalized spacial score (nSPS) is 10.7. The van der Waals surface area contributed by atoms with Gasteiger partial charge in [-0.1, -0.05) is 24.3 Å². The second-order valence-corrected chi connectivity index (χ2v) is 5.09. The number of amides is 1. The molecule has 2 aromatic carbocycles. The van der Waals surface area contributed by atoms with Crippen molar-refractivity contribution in [3.05, 3.63) is 60.4 Å². The lowest BCUT2D eigenvalue weighted by Gasteiger charge is -2.07. The van der Waals surface area contributed by atoms with Crippen molar-refractivity contribution in [2.75, 3.05) is 5.32 Å². The molecule has 0 radical (unpaired) electrons. The van der Waals surface area contributed by atoms with E-state index in [9.17, 15) is 4.79 Å². The van der Waals surface area contributed by atoms with E-state index in [1.807, 2.05) is 60.0 Å². The highest BCUT2D eigenvalue weighted by Crippen LogP contribution is 2.13. The van der Waals surface area contributed by atoms with Crippen LogP contribution in [0.4, 0.5) is 5.69 Å². The smallest absolute Gasteiger partial charge is 0.226 e. The monoisotopic (exact) mass is 279 g/mol. The van der Waals surface area contributed by atoms with Crippen molar-refractivity contribution in [1.29, 1.82) is 0 Å². The Labute approximate surface area is 123 Å². The molecule has 3 rings (SSSR count). The van der Waals surface area contributed by atoms with E-state index in [2.05, 4.69) is 10.3 Å². The van der Waals surface area contributed by atoms with E-state index in [-0.39, 0.29) is 5.91 Å². The molecule has 1 aromatic heterocycles. The summed E-state index contributed by atoms with van der Waals surface area (Å²) in [6.07, 6.45) is 2.21. The summed E-state index contributed by atoms with van der Waals surface area (Å²) < 4.78 is 2.01. The van der Waals surface area contributed by atoms with Gasteiger partial charge in [-0.15, -0.1) is 0 Å². The summed E-state index contributed by atoms with van der Waals surface area (Å²) >= 11 is 0. The summed E-state index contributed by atoms with van der Waals surface area (Å²) in [6.45, 7) is 2.63. The number of aryl methyl sites for hydroxylation is 2. The number of carbonyl (C=O) groups excluding carboxylic acids is 1. The number of para-hydroxylation sites is 2. The maximum absolute atomic E-state index is 12.0. The zero-order valence-electron chi connectivity index (χ0n) is 11.9. The molecule has 106 valence electrons. The van der Waals surface area contributed by atoms with Gasteiger partial charge in [0.1, 0.15) is 0 Å². The molecule has 0 fully saturated rings. The van der Waals surface area contributed by atoms with Crippen molar-refractivity contribution in [1.82, 2.24) is 9.55 Å². The molecule has 0 aliphatic rings. The van der Waals surface area contributed by atoms with E-state index >= 15 is 0 Å². The van der Waals surface area contributed by atoms with Gasteiger partial charge in [0, 0.05) is 18.7 Å². The van der Waals surface area contributed by atoms with Crippen LogP contribution in [0.25, 0.3) is 11.0 Å². The average Bonchev–Trinajstić information content (AvgIpc) is 2.88. The molecule has 1 amide bonds. The Bertz CT molecular complexity index is 776. The molecule has 0 aliphatic carbocycles. The number of rotatable bonds is 4. The summed E-state index contributed by atoms with van der Waals surface area (Å²) in [4.78, 5) is 16.3. The third-order valence-electron chi connectivity index (χ3n) is 3.41. The first-order chi connectivity index (χ1) is 10.2. The van der Waals surface area contributed by atoms with E-state index in [1.54, 1.807) is 6.33 Å². The van der Waals surface area contributed by atoms with Crippen LogP contribution in [0.5, 0.6) is 0 Å². The van der Waals surface area contributed by atoms with E-state index in [4.69, 9.17) is 0 Å². The molecule has 4 heteroatoms. The van der Waals surface area contributed by atoms with Gasteiger partial charge in [-0.2, -0.15) is 0 Å². The zero-order valence-corrected chi connectivity index (χ0v) is 11.9. The second kappa shape index (κ2) is 5.79. The van der Waals surface area contributed by atoms with Crippen molar-refractivity contribution in [2.45, 2.75) is 19.9 Å². The lowest BCUT2D eigenvalue weighted by molar-refractivity contribution is -0.116. The Balaban J connectivity index is 1.63. The fraction of sp³-hybridized carbons (Fsp3) is 0.176. The maximum Gasteiger partial charge on any atom is 0.226 e. The number of benzene rings is 2. The Kier molecular flexibility index (Phi) is 3.69. The topological polar surface area (TPSA) is 46.9 Å². The maximum atomic E-state index is 12.0. The van der Waals surface area contributed by atoms with Crippen LogP contribution in [0, 0.1) is 6.92 Å². The second-order valence-electron chi connectivity index (χ2n) is 5.09. The first kappa shape index (κ1) is 13.4. The van der Waals surface area contributed by atoms with Crippen LogP contribution < -0.4 is 5.32 Å². The molecule has 4 nitrogen and oxygen atoms in total. The van der Waals surface area contributed by atoms with Crippen LogP contribution in [-0.4, -0.2) is 15.5 Å². The average molecular weight is 279 g/mol. The van der Waals surface area contributed by atoms with Crippen LogP contribution in [0.3, 0.4) is 0 Å². The van der Waals surface area contributed by atoms with Crippen LogP contribution in [0.2, 0.25) is 0 Å². The fourth-order valence-electron chi connectivity index (χ4n) is 2.36. The summed E-state index contributed by atoms with van der Waals surface area (Å²) in [7, 11) is 0. The summed E-state index contributed by atoms with van der Waals surface area (Å²) in [5.41, 5.74) is 3.99. The minimum Gasteiger partial charge on any atom is -0.330 e. The van der Waals surface area contributed by atoms with Crippen LogP contribution >= 0.6 is 0 Å². The Morgan fingerprint density at radius 2 is 2.05 bits per heavy atom. The minimum absolute atomic E-state index is 0.0124. The molecule has 0 saturated carbocycles. The van der Waals surface area contributed by atoms with Gasteiger partial charge in [0.2, 0.25) is 5.91 Å². The minimum atomic E-state index is 0.0124. The number of anilines is 1. The highest BCUT2D eigenvalue weighted by atomic mass is 16.1. The Morgan fingerprint density at radius 1 is 1.19 bits per heavy atom. The highest BCUT2D eigenvalue weighted by molar-refractivity contribution is 5.90.